The number of carbonyl (C=O) groups excluding carboxylic acids is 1. The minimum Gasteiger partial charge on any atom is -0.496 e. The van der Waals surface area contributed by atoms with Crippen LogP contribution >= 0.6 is 15.9 Å². The molecule has 0 saturated carbocycles. The highest BCUT2D eigenvalue weighted by atomic mass is 79.9. The lowest BCUT2D eigenvalue weighted by Gasteiger charge is -2.14. The van der Waals surface area contributed by atoms with Gasteiger partial charge in [0.2, 0.25) is 0 Å². The van der Waals surface area contributed by atoms with Gasteiger partial charge in [0.15, 0.2) is 5.78 Å². The molecule has 2 N–H and O–H groups in total. The summed E-state index contributed by atoms with van der Waals surface area (Å²) in [7, 11) is 1.61. The predicted octanol–water partition coefficient (Wildman–Crippen LogP) is 2.61. The molecule has 0 spiro atoms. The molecular weight excluding hydrogens is 270 g/mol. The zero-order chi connectivity index (χ0) is 12.3. The number of rotatable bonds is 4. The third-order valence-corrected chi connectivity index (χ3v) is 3.14. The van der Waals surface area contributed by atoms with E-state index < -0.39 is 0 Å². The molecule has 0 aromatic heterocycles. The SMILES string of the molecule is COc1c(C)cc(Br)c(C(=O)CCN)c1C. The minimum absolute atomic E-state index is 0.0465. The van der Waals surface area contributed by atoms with Gasteiger partial charge >= 0.3 is 0 Å². The van der Waals surface area contributed by atoms with Crippen LogP contribution in [0.4, 0.5) is 0 Å². The normalized spacial score (nSPS) is 10.3. The summed E-state index contributed by atoms with van der Waals surface area (Å²) in [4.78, 5) is 11.9. The number of aryl methyl sites for hydroxylation is 1. The van der Waals surface area contributed by atoms with Gasteiger partial charge in [-0.2, -0.15) is 0 Å². The molecule has 1 rings (SSSR count). The van der Waals surface area contributed by atoms with Crippen molar-refractivity contribution >= 4 is 21.7 Å². The number of halogens is 1. The zero-order valence-electron chi connectivity index (χ0n) is 9.76. The topological polar surface area (TPSA) is 52.3 Å². The summed E-state index contributed by atoms with van der Waals surface area (Å²) >= 11 is 3.41. The van der Waals surface area contributed by atoms with Crippen molar-refractivity contribution in [3.05, 3.63) is 27.2 Å². The first kappa shape index (κ1) is 13.2. The summed E-state index contributed by atoms with van der Waals surface area (Å²) in [5.41, 5.74) is 7.95. The molecule has 0 aliphatic rings. The molecule has 0 saturated heterocycles. The van der Waals surface area contributed by atoms with E-state index in [0.29, 0.717) is 18.5 Å². The number of carbonyl (C=O) groups is 1. The largest absolute Gasteiger partial charge is 0.496 e. The van der Waals surface area contributed by atoms with Gasteiger partial charge in [0.25, 0.3) is 0 Å². The third-order valence-electron chi connectivity index (χ3n) is 2.51. The van der Waals surface area contributed by atoms with Crippen molar-refractivity contribution in [1.29, 1.82) is 0 Å². The highest BCUT2D eigenvalue weighted by Gasteiger charge is 2.17. The Morgan fingerprint density at radius 2 is 2.12 bits per heavy atom. The van der Waals surface area contributed by atoms with Crippen LogP contribution in [0.2, 0.25) is 0 Å². The molecule has 0 fully saturated rings. The first-order valence-electron chi connectivity index (χ1n) is 5.09. The van der Waals surface area contributed by atoms with Gasteiger partial charge in [0, 0.05) is 22.0 Å². The fourth-order valence-electron chi connectivity index (χ4n) is 1.83. The Labute approximate surface area is 104 Å². The fraction of sp³-hybridized carbons (Fsp3) is 0.417. The number of Topliss-reactive ketones (excluding diaryl/α,β-unsaturated/α-hetero) is 1. The van der Waals surface area contributed by atoms with Gasteiger partial charge in [-0.1, -0.05) is 15.9 Å². The number of hydrogen-bond donors (Lipinski definition) is 1. The smallest absolute Gasteiger partial charge is 0.165 e. The van der Waals surface area contributed by atoms with E-state index in [0.717, 1.165) is 21.3 Å². The lowest BCUT2D eigenvalue weighted by atomic mass is 9.99. The van der Waals surface area contributed by atoms with Crippen LogP contribution in [0, 0.1) is 13.8 Å². The van der Waals surface area contributed by atoms with Gasteiger partial charge in [0.1, 0.15) is 5.75 Å². The molecule has 3 nitrogen and oxygen atoms in total. The lowest BCUT2D eigenvalue weighted by molar-refractivity contribution is 0.0983. The standard InChI is InChI=1S/C12H16BrNO2/c1-7-6-9(13)11(10(15)4-5-14)8(2)12(7)16-3/h6H,4-5,14H2,1-3H3. The molecule has 0 aliphatic heterocycles. The van der Waals surface area contributed by atoms with E-state index in [1.807, 2.05) is 19.9 Å². The summed E-state index contributed by atoms with van der Waals surface area (Å²) in [5.74, 6) is 0.814. The predicted molar refractivity (Wildman–Crippen MR) is 68.2 cm³/mol. The van der Waals surface area contributed by atoms with Crippen LogP contribution in [0.5, 0.6) is 5.75 Å². The maximum Gasteiger partial charge on any atom is 0.165 e. The average molecular weight is 286 g/mol. The molecule has 0 aliphatic carbocycles. The Hall–Kier alpha value is -0.870. The van der Waals surface area contributed by atoms with Gasteiger partial charge in [-0.15, -0.1) is 0 Å². The molecule has 0 bridgehead atoms. The third kappa shape index (κ3) is 2.44. The van der Waals surface area contributed by atoms with Crippen LogP contribution in [-0.2, 0) is 0 Å². The molecule has 4 heteroatoms. The summed E-state index contributed by atoms with van der Waals surface area (Å²) in [5, 5.41) is 0. The van der Waals surface area contributed by atoms with E-state index in [9.17, 15) is 4.79 Å². The molecule has 1 aromatic carbocycles. The van der Waals surface area contributed by atoms with E-state index in [4.69, 9.17) is 10.5 Å². The van der Waals surface area contributed by atoms with Gasteiger partial charge in [-0.25, -0.2) is 0 Å². The second-order valence-corrected chi connectivity index (χ2v) is 4.52. The van der Waals surface area contributed by atoms with Crippen molar-refractivity contribution in [3.8, 4) is 5.75 Å². The summed E-state index contributed by atoms with van der Waals surface area (Å²) in [6.45, 7) is 4.20. The first-order chi connectivity index (χ1) is 7.52. The zero-order valence-corrected chi connectivity index (χ0v) is 11.3. The monoisotopic (exact) mass is 285 g/mol. The first-order valence-corrected chi connectivity index (χ1v) is 5.89. The van der Waals surface area contributed by atoms with Crippen molar-refractivity contribution < 1.29 is 9.53 Å². The summed E-state index contributed by atoms with van der Waals surface area (Å²) in [6, 6.07) is 1.90. The van der Waals surface area contributed by atoms with Crippen molar-refractivity contribution in [3.63, 3.8) is 0 Å². The molecule has 0 atom stereocenters. The second kappa shape index (κ2) is 5.46. The van der Waals surface area contributed by atoms with Crippen LogP contribution < -0.4 is 10.5 Å². The highest BCUT2D eigenvalue weighted by Crippen LogP contribution is 2.32. The minimum atomic E-state index is 0.0465. The van der Waals surface area contributed by atoms with Crippen LogP contribution in [0.25, 0.3) is 0 Å². The molecule has 0 heterocycles. The number of ether oxygens (including phenoxy) is 1. The maximum absolute atomic E-state index is 11.9. The highest BCUT2D eigenvalue weighted by molar-refractivity contribution is 9.10. The van der Waals surface area contributed by atoms with Crippen LogP contribution in [0.1, 0.15) is 27.9 Å². The Morgan fingerprint density at radius 1 is 1.50 bits per heavy atom. The summed E-state index contributed by atoms with van der Waals surface area (Å²) in [6.07, 6.45) is 0.353. The van der Waals surface area contributed by atoms with Crippen LogP contribution in [0.3, 0.4) is 0 Å². The van der Waals surface area contributed by atoms with Gasteiger partial charge in [-0.3, -0.25) is 4.79 Å². The van der Waals surface area contributed by atoms with Gasteiger partial charge in [0.05, 0.1) is 7.11 Å². The summed E-state index contributed by atoms with van der Waals surface area (Å²) < 4.78 is 6.10. The molecule has 16 heavy (non-hydrogen) atoms. The maximum atomic E-state index is 11.9. The number of nitrogens with two attached hydrogens (primary N) is 1. The second-order valence-electron chi connectivity index (χ2n) is 3.67. The van der Waals surface area contributed by atoms with Crippen molar-refractivity contribution in [2.24, 2.45) is 5.73 Å². The molecular formula is C12H16BrNO2. The van der Waals surface area contributed by atoms with Crippen molar-refractivity contribution in [2.45, 2.75) is 20.3 Å². The van der Waals surface area contributed by atoms with Crippen molar-refractivity contribution in [1.82, 2.24) is 0 Å². The van der Waals surface area contributed by atoms with Gasteiger partial charge in [-0.05, 0) is 32.0 Å². The Bertz CT molecular complexity index is 416. The Morgan fingerprint density at radius 3 is 2.62 bits per heavy atom. The quantitative estimate of drug-likeness (QED) is 0.866. The van der Waals surface area contributed by atoms with E-state index in [-0.39, 0.29) is 5.78 Å². The average Bonchev–Trinajstić information content (AvgIpc) is 2.17. The van der Waals surface area contributed by atoms with Crippen molar-refractivity contribution in [2.75, 3.05) is 13.7 Å². The molecule has 88 valence electrons. The lowest BCUT2D eigenvalue weighted by Crippen LogP contribution is -2.11. The number of methoxy groups -OCH3 is 1. The van der Waals surface area contributed by atoms with E-state index in [2.05, 4.69) is 15.9 Å². The van der Waals surface area contributed by atoms with E-state index >= 15 is 0 Å². The molecule has 0 amide bonds. The Kier molecular flexibility index (Phi) is 4.50. The molecule has 0 radical (unpaired) electrons. The van der Waals surface area contributed by atoms with E-state index in [1.165, 1.54) is 0 Å². The number of hydrogen-bond acceptors (Lipinski definition) is 3. The molecule has 0 unspecified atom stereocenters. The fourth-order valence-corrected chi connectivity index (χ4v) is 2.69. The Balaban J connectivity index is 3.33. The van der Waals surface area contributed by atoms with Crippen LogP contribution in [0.15, 0.2) is 10.5 Å². The van der Waals surface area contributed by atoms with Gasteiger partial charge < -0.3 is 10.5 Å². The number of ketones is 1. The van der Waals surface area contributed by atoms with E-state index in [1.54, 1.807) is 7.11 Å². The number of benzene rings is 1. The molecule has 1 aromatic rings. The van der Waals surface area contributed by atoms with Crippen LogP contribution in [-0.4, -0.2) is 19.4 Å².